The minimum absolute atomic E-state index is 0.0322. The van der Waals surface area contributed by atoms with Gasteiger partial charge < -0.3 is 15.4 Å². The zero-order chi connectivity index (χ0) is 18.6. The highest BCUT2D eigenvalue weighted by Crippen LogP contribution is 2.25. The predicted octanol–water partition coefficient (Wildman–Crippen LogP) is 2.76. The van der Waals surface area contributed by atoms with E-state index in [0.29, 0.717) is 16.5 Å². The summed E-state index contributed by atoms with van der Waals surface area (Å²) in [6.07, 6.45) is 0. The Morgan fingerprint density at radius 1 is 1.16 bits per heavy atom. The average Bonchev–Trinajstić information content (AvgIpc) is 2.52. The first-order valence-electron chi connectivity index (χ1n) is 7.24. The van der Waals surface area contributed by atoms with Crippen molar-refractivity contribution >= 4 is 33.3 Å². The van der Waals surface area contributed by atoms with Crippen LogP contribution in [0.4, 0.5) is 10.5 Å². The molecule has 2 aromatic carbocycles. The van der Waals surface area contributed by atoms with Gasteiger partial charge >= 0.3 is 6.03 Å². The van der Waals surface area contributed by atoms with Gasteiger partial charge in [-0.1, -0.05) is 11.6 Å². The van der Waals surface area contributed by atoms with Crippen molar-refractivity contribution in [2.24, 2.45) is 5.14 Å². The van der Waals surface area contributed by atoms with Crippen LogP contribution in [0.2, 0.25) is 5.02 Å². The standard InChI is InChI=1S/C16H18ClN3O4S/c1-10-7-13(8-11(2)15(10)17)24-9-19-16(21)20-12-3-5-14(6-4-12)25(18,22)23/h3-8H,9H2,1-2H3,(H2,18,22,23)(H2,19,20,21). The number of halogens is 1. The van der Waals surface area contributed by atoms with Gasteiger partial charge in [0.05, 0.1) is 4.90 Å². The number of urea groups is 1. The van der Waals surface area contributed by atoms with E-state index in [1.165, 1.54) is 24.3 Å². The van der Waals surface area contributed by atoms with Crippen molar-refractivity contribution in [3.05, 3.63) is 52.5 Å². The first-order chi connectivity index (χ1) is 11.7. The van der Waals surface area contributed by atoms with Gasteiger partial charge in [0, 0.05) is 10.7 Å². The molecule has 4 N–H and O–H groups in total. The average molecular weight is 384 g/mol. The van der Waals surface area contributed by atoms with E-state index < -0.39 is 16.1 Å². The van der Waals surface area contributed by atoms with Gasteiger partial charge in [0.1, 0.15) is 5.75 Å². The Bertz CT molecular complexity index is 860. The number of rotatable bonds is 5. The fourth-order valence-electron chi connectivity index (χ4n) is 2.08. The number of ether oxygens (including phenoxy) is 1. The Labute approximate surface area is 151 Å². The first-order valence-corrected chi connectivity index (χ1v) is 9.16. The van der Waals surface area contributed by atoms with Gasteiger partial charge in [0.2, 0.25) is 10.0 Å². The van der Waals surface area contributed by atoms with Crippen molar-refractivity contribution in [1.82, 2.24) is 5.32 Å². The molecule has 2 rings (SSSR count). The molecule has 0 saturated heterocycles. The second-order valence-corrected chi connectivity index (χ2v) is 7.30. The maximum Gasteiger partial charge on any atom is 0.321 e. The Morgan fingerprint density at radius 2 is 1.72 bits per heavy atom. The van der Waals surface area contributed by atoms with Crippen molar-refractivity contribution < 1.29 is 17.9 Å². The number of hydrogen-bond donors (Lipinski definition) is 3. The summed E-state index contributed by atoms with van der Waals surface area (Å²) in [5, 5.41) is 10.8. The third kappa shape index (κ3) is 5.35. The van der Waals surface area contributed by atoms with Crippen LogP contribution < -0.4 is 20.5 Å². The van der Waals surface area contributed by atoms with Gasteiger partial charge in [-0.2, -0.15) is 0 Å². The van der Waals surface area contributed by atoms with Crippen LogP contribution in [0.5, 0.6) is 5.75 Å². The summed E-state index contributed by atoms with van der Waals surface area (Å²) in [5.74, 6) is 0.595. The lowest BCUT2D eigenvalue weighted by Crippen LogP contribution is -2.32. The normalized spacial score (nSPS) is 11.0. The third-order valence-electron chi connectivity index (χ3n) is 3.32. The highest BCUT2D eigenvalue weighted by molar-refractivity contribution is 7.89. The minimum Gasteiger partial charge on any atom is -0.473 e. The number of nitrogens with two attached hydrogens (primary N) is 1. The summed E-state index contributed by atoms with van der Waals surface area (Å²) in [6, 6.07) is 8.55. The molecule has 2 amide bonds. The largest absolute Gasteiger partial charge is 0.473 e. The number of nitrogens with one attached hydrogen (secondary N) is 2. The molecule has 0 aliphatic rings. The van der Waals surface area contributed by atoms with Gasteiger partial charge in [0.25, 0.3) is 0 Å². The van der Waals surface area contributed by atoms with Crippen molar-refractivity contribution in [3.8, 4) is 5.75 Å². The molecule has 25 heavy (non-hydrogen) atoms. The van der Waals surface area contributed by atoms with Crippen LogP contribution in [0.1, 0.15) is 11.1 Å². The zero-order valence-electron chi connectivity index (χ0n) is 13.7. The molecule has 0 unspecified atom stereocenters. The Kier molecular flexibility index (Phi) is 5.89. The molecule has 0 saturated carbocycles. The molecule has 0 spiro atoms. The summed E-state index contributed by atoms with van der Waals surface area (Å²) in [6.45, 7) is 3.70. The Hall–Kier alpha value is -2.29. The van der Waals surface area contributed by atoms with Crippen LogP contribution in [-0.4, -0.2) is 21.2 Å². The molecular weight excluding hydrogens is 366 g/mol. The molecule has 0 aliphatic heterocycles. The summed E-state index contributed by atoms with van der Waals surface area (Å²) in [5.41, 5.74) is 2.19. The second kappa shape index (κ2) is 7.73. The highest BCUT2D eigenvalue weighted by atomic mass is 35.5. The summed E-state index contributed by atoms with van der Waals surface area (Å²) in [4.78, 5) is 11.8. The summed E-state index contributed by atoms with van der Waals surface area (Å²) >= 11 is 6.08. The van der Waals surface area contributed by atoms with Crippen molar-refractivity contribution in [3.63, 3.8) is 0 Å². The smallest absolute Gasteiger partial charge is 0.321 e. The van der Waals surface area contributed by atoms with Gasteiger partial charge in [-0.15, -0.1) is 0 Å². The maximum absolute atomic E-state index is 11.8. The monoisotopic (exact) mass is 383 g/mol. The maximum atomic E-state index is 11.8. The van der Waals surface area contributed by atoms with Gasteiger partial charge in [-0.25, -0.2) is 18.4 Å². The van der Waals surface area contributed by atoms with Crippen molar-refractivity contribution in [2.75, 3.05) is 12.0 Å². The third-order valence-corrected chi connectivity index (χ3v) is 4.85. The van der Waals surface area contributed by atoms with E-state index in [1.54, 1.807) is 12.1 Å². The molecule has 0 aliphatic carbocycles. The number of aryl methyl sites for hydroxylation is 2. The number of amides is 2. The molecule has 0 aromatic heterocycles. The zero-order valence-corrected chi connectivity index (χ0v) is 15.2. The molecule has 0 fully saturated rings. The summed E-state index contributed by atoms with van der Waals surface area (Å²) in [7, 11) is -3.76. The minimum atomic E-state index is -3.76. The lowest BCUT2D eigenvalue weighted by atomic mass is 10.1. The lowest BCUT2D eigenvalue weighted by molar-refractivity contribution is 0.234. The van der Waals surface area contributed by atoms with Crippen LogP contribution >= 0.6 is 11.6 Å². The predicted molar refractivity (Wildman–Crippen MR) is 96.4 cm³/mol. The first kappa shape index (κ1) is 19.0. The van der Waals surface area contributed by atoms with Crippen LogP contribution in [-0.2, 0) is 10.0 Å². The van der Waals surface area contributed by atoms with E-state index in [4.69, 9.17) is 21.5 Å². The molecule has 7 nitrogen and oxygen atoms in total. The molecule has 0 bridgehead atoms. The van der Waals surface area contributed by atoms with Gasteiger partial charge in [-0.3, -0.25) is 0 Å². The molecule has 0 atom stereocenters. The SMILES string of the molecule is Cc1cc(OCNC(=O)Nc2ccc(S(N)(=O)=O)cc2)cc(C)c1Cl. The molecule has 0 heterocycles. The molecule has 0 radical (unpaired) electrons. The number of benzene rings is 2. The Balaban J connectivity index is 1.87. The fraction of sp³-hybridized carbons (Fsp3) is 0.188. The quantitative estimate of drug-likeness (QED) is 0.689. The van der Waals surface area contributed by atoms with Crippen LogP contribution in [0.15, 0.2) is 41.3 Å². The lowest BCUT2D eigenvalue weighted by Gasteiger charge is -2.11. The number of hydrogen-bond acceptors (Lipinski definition) is 4. The highest BCUT2D eigenvalue weighted by Gasteiger charge is 2.08. The van der Waals surface area contributed by atoms with E-state index >= 15 is 0 Å². The molecular formula is C16H18ClN3O4S. The van der Waals surface area contributed by atoms with E-state index in [9.17, 15) is 13.2 Å². The number of sulfonamides is 1. The molecule has 9 heteroatoms. The summed E-state index contributed by atoms with van der Waals surface area (Å²) < 4.78 is 27.8. The molecule has 2 aromatic rings. The number of primary sulfonamides is 1. The topological polar surface area (TPSA) is 111 Å². The van der Waals surface area contributed by atoms with Crippen molar-refractivity contribution in [2.45, 2.75) is 18.7 Å². The van der Waals surface area contributed by atoms with Gasteiger partial charge in [0.15, 0.2) is 6.73 Å². The van der Waals surface area contributed by atoms with E-state index in [0.717, 1.165) is 11.1 Å². The van der Waals surface area contributed by atoms with Crippen LogP contribution in [0.25, 0.3) is 0 Å². The second-order valence-electron chi connectivity index (χ2n) is 5.36. The number of carbonyl (C=O) groups is 1. The van der Waals surface area contributed by atoms with Crippen LogP contribution in [0, 0.1) is 13.8 Å². The van der Waals surface area contributed by atoms with E-state index in [-0.39, 0.29) is 11.6 Å². The van der Waals surface area contributed by atoms with E-state index in [1.807, 2.05) is 13.8 Å². The Morgan fingerprint density at radius 3 is 2.24 bits per heavy atom. The fourth-order valence-corrected chi connectivity index (χ4v) is 2.70. The van der Waals surface area contributed by atoms with E-state index in [2.05, 4.69) is 10.6 Å². The number of anilines is 1. The number of carbonyl (C=O) groups excluding carboxylic acids is 1. The molecule has 134 valence electrons. The van der Waals surface area contributed by atoms with Gasteiger partial charge in [-0.05, 0) is 61.4 Å². The van der Waals surface area contributed by atoms with Crippen molar-refractivity contribution in [1.29, 1.82) is 0 Å². The van der Waals surface area contributed by atoms with Crippen LogP contribution in [0.3, 0.4) is 0 Å².